The number of ether oxygens (including phenoxy) is 1. The summed E-state index contributed by atoms with van der Waals surface area (Å²) in [5, 5.41) is 0. The predicted octanol–water partition coefficient (Wildman–Crippen LogP) is 3.03. The summed E-state index contributed by atoms with van der Waals surface area (Å²) in [6.07, 6.45) is 4.41. The van der Waals surface area contributed by atoms with E-state index in [0.29, 0.717) is 17.5 Å². The molecule has 0 spiro atoms. The molecule has 26 heavy (non-hydrogen) atoms. The van der Waals surface area contributed by atoms with Crippen molar-refractivity contribution in [2.45, 2.75) is 19.3 Å². The molecule has 0 N–H and O–H groups in total. The summed E-state index contributed by atoms with van der Waals surface area (Å²) in [6.45, 7) is 0. The number of hydrogen-bond donors (Lipinski definition) is 0. The van der Waals surface area contributed by atoms with Crippen molar-refractivity contribution < 1.29 is 23.5 Å². The van der Waals surface area contributed by atoms with E-state index >= 15 is 0 Å². The van der Waals surface area contributed by atoms with Crippen molar-refractivity contribution >= 4 is 23.5 Å². The predicted molar refractivity (Wildman–Crippen MR) is 90.4 cm³/mol. The lowest BCUT2D eigenvalue weighted by atomic mass is 9.81. The fourth-order valence-electron chi connectivity index (χ4n) is 4.92. The second kappa shape index (κ2) is 5.56. The van der Waals surface area contributed by atoms with Gasteiger partial charge >= 0.3 is 5.97 Å². The Hall–Kier alpha value is -2.89. The molecule has 1 saturated heterocycles. The molecule has 3 aliphatic rings. The Labute approximate surface area is 149 Å². The van der Waals surface area contributed by atoms with Crippen molar-refractivity contribution in [2.75, 3.05) is 4.90 Å². The minimum atomic E-state index is -0.665. The summed E-state index contributed by atoms with van der Waals surface area (Å²) < 4.78 is 10.5. The second-order valence-electron chi connectivity index (χ2n) is 7.23. The minimum absolute atomic E-state index is 0.0637. The Bertz CT molecular complexity index is 875. The van der Waals surface area contributed by atoms with Gasteiger partial charge in [-0.2, -0.15) is 0 Å². The fraction of sp³-hybridized carbons (Fsp3) is 0.350. The highest BCUT2D eigenvalue weighted by atomic mass is 16.5. The first-order chi connectivity index (χ1) is 12.6. The van der Waals surface area contributed by atoms with Crippen LogP contribution in [0, 0.1) is 23.7 Å². The van der Waals surface area contributed by atoms with Gasteiger partial charge in [0.05, 0.1) is 23.8 Å². The van der Waals surface area contributed by atoms with Gasteiger partial charge in [0, 0.05) is 0 Å². The Balaban J connectivity index is 1.48. The van der Waals surface area contributed by atoms with E-state index in [1.807, 2.05) is 0 Å². The molecular weight excluding hydrogens is 334 g/mol. The lowest BCUT2D eigenvalue weighted by Crippen LogP contribution is -2.33. The van der Waals surface area contributed by atoms with Gasteiger partial charge in [0.25, 0.3) is 0 Å². The molecule has 3 fully saturated rings. The van der Waals surface area contributed by atoms with Crippen LogP contribution >= 0.6 is 0 Å². The van der Waals surface area contributed by atoms with Crippen LogP contribution in [-0.4, -0.2) is 17.8 Å². The summed E-state index contributed by atoms with van der Waals surface area (Å²) in [6, 6.07) is 9.74. The zero-order chi connectivity index (χ0) is 17.8. The van der Waals surface area contributed by atoms with E-state index in [-0.39, 0.29) is 35.2 Å². The molecule has 2 bridgehead atoms. The van der Waals surface area contributed by atoms with Crippen molar-refractivity contribution in [3.63, 3.8) is 0 Å². The highest BCUT2D eigenvalue weighted by molar-refractivity contribution is 6.23. The third kappa shape index (κ3) is 2.08. The van der Waals surface area contributed by atoms with Crippen LogP contribution in [-0.2, 0) is 9.59 Å². The summed E-state index contributed by atoms with van der Waals surface area (Å²) in [5.74, 6) is -0.542. The molecule has 0 unspecified atom stereocenters. The van der Waals surface area contributed by atoms with E-state index in [0.717, 1.165) is 19.3 Å². The average molecular weight is 351 g/mol. The highest BCUT2D eigenvalue weighted by Gasteiger charge is 2.61. The molecule has 1 aromatic heterocycles. The Morgan fingerprint density at radius 1 is 1.00 bits per heavy atom. The maximum absolute atomic E-state index is 13.0. The molecule has 5 rings (SSSR count). The lowest BCUT2D eigenvalue weighted by Gasteiger charge is -2.19. The van der Waals surface area contributed by atoms with Crippen LogP contribution in [0.25, 0.3) is 0 Å². The van der Waals surface area contributed by atoms with Gasteiger partial charge in [-0.05, 0) is 55.4 Å². The largest absolute Gasteiger partial charge is 0.457 e. The molecule has 1 aliphatic heterocycles. The molecular formula is C20H17NO5. The second-order valence-corrected chi connectivity index (χ2v) is 7.23. The average Bonchev–Trinajstić information content (AvgIpc) is 3.41. The molecule has 2 aromatic rings. The summed E-state index contributed by atoms with van der Waals surface area (Å²) in [4.78, 5) is 39.4. The van der Waals surface area contributed by atoms with E-state index in [1.165, 1.54) is 17.2 Å². The number of furan rings is 1. The molecule has 2 saturated carbocycles. The zero-order valence-electron chi connectivity index (χ0n) is 14.0. The first-order valence-corrected chi connectivity index (χ1v) is 8.87. The van der Waals surface area contributed by atoms with E-state index in [2.05, 4.69) is 0 Å². The quantitative estimate of drug-likeness (QED) is 0.483. The normalized spacial score (nSPS) is 29.3. The van der Waals surface area contributed by atoms with Crippen LogP contribution < -0.4 is 9.64 Å². The zero-order valence-corrected chi connectivity index (χ0v) is 14.0. The van der Waals surface area contributed by atoms with Gasteiger partial charge in [-0.3, -0.25) is 9.59 Å². The van der Waals surface area contributed by atoms with Gasteiger partial charge in [0.2, 0.25) is 17.6 Å². The molecule has 132 valence electrons. The maximum Gasteiger partial charge on any atom is 0.379 e. The molecule has 0 radical (unpaired) electrons. The van der Waals surface area contributed by atoms with E-state index in [9.17, 15) is 14.4 Å². The molecule has 2 amide bonds. The number of carbonyl (C=O) groups excluding carboxylic acids is 3. The van der Waals surface area contributed by atoms with Gasteiger partial charge in [-0.25, -0.2) is 9.69 Å². The monoisotopic (exact) mass is 351 g/mol. The van der Waals surface area contributed by atoms with Crippen molar-refractivity contribution in [2.24, 2.45) is 23.7 Å². The number of esters is 1. The fourth-order valence-corrected chi connectivity index (χ4v) is 4.92. The minimum Gasteiger partial charge on any atom is -0.457 e. The Morgan fingerprint density at radius 2 is 1.69 bits per heavy atom. The maximum atomic E-state index is 13.0. The Kier molecular flexibility index (Phi) is 3.29. The van der Waals surface area contributed by atoms with Gasteiger partial charge in [-0.1, -0.05) is 12.1 Å². The van der Waals surface area contributed by atoms with E-state index < -0.39 is 5.97 Å². The van der Waals surface area contributed by atoms with Crippen LogP contribution in [0.5, 0.6) is 5.75 Å². The van der Waals surface area contributed by atoms with Gasteiger partial charge < -0.3 is 9.15 Å². The molecule has 2 heterocycles. The number of nitrogens with zero attached hydrogens (tertiary/aromatic N) is 1. The SMILES string of the molecule is O=C(Oc1ccccc1N1C(=O)[C@@H]2[C@H]3CC[C@@H](C3)[C@H]2C1=O)c1ccco1. The number of anilines is 1. The standard InChI is InChI=1S/C20H17NO5/c22-18-16-11-7-8-12(10-11)17(16)19(23)21(18)13-4-1-2-5-14(13)26-20(24)15-6-3-9-25-15/h1-6,9,11-12,16-17H,7-8,10H2/t11-,12-,16+,17+/m0/s1. The summed E-state index contributed by atoms with van der Waals surface area (Å²) in [7, 11) is 0. The molecule has 2 aliphatic carbocycles. The summed E-state index contributed by atoms with van der Waals surface area (Å²) >= 11 is 0. The van der Waals surface area contributed by atoms with Gasteiger partial charge in [0.1, 0.15) is 0 Å². The van der Waals surface area contributed by atoms with Crippen LogP contribution in [0.2, 0.25) is 0 Å². The number of carbonyl (C=O) groups is 3. The lowest BCUT2D eigenvalue weighted by molar-refractivity contribution is -0.123. The third-order valence-electron chi connectivity index (χ3n) is 5.96. The van der Waals surface area contributed by atoms with Crippen molar-refractivity contribution in [3.05, 3.63) is 48.4 Å². The van der Waals surface area contributed by atoms with Crippen LogP contribution in [0.15, 0.2) is 47.1 Å². The number of benzene rings is 1. The summed E-state index contributed by atoms with van der Waals surface area (Å²) in [5.41, 5.74) is 0.330. The third-order valence-corrected chi connectivity index (χ3v) is 5.96. The molecule has 6 nitrogen and oxygen atoms in total. The molecule has 1 aromatic carbocycles. The topological polar surface area (TPSA) is 76.8 Å². The number of para-hydroxylation sites is 2. The van der Waals surface area contributed by atoms with Crippen LogP contribution in [0.4, 0.5) is 5.69 Å². The van der Waals surface area contributed by atoms with Crippen LogP contribution in [0.1, 0.15) is 29.8 Å². The van der Waals surface area contributed by atoms with E-state index in [1.54, 1.807) is 30.3 Å². The first-order valence-electron chi connectivity index (χ1n) is 8.87. The number of amides is 2. The van der Waals surface area contributed by atoms with E-state index in [4.69, 9.17) is 9.15 Å². The molecule has 4 atom stereocenters. The Morgan fingerprint density at radius 3 is 2.35 bits per heavy atom. The van der Waals surface area contributed by atoms with Crippen molar-refractivity contribution in [1.82, 2.24) is 0 Å². The van der Waals surface area contributed by atoms with Crippen molar-refractivity contribution in [3.8, 4) is 5.75 Å². The molecule has 6 heteroatoms. The van der Waals surface area contributed by atoms with Crippen LogP contribution in [0.3, 0.4) is 0 Å². The van der Waals surface area contributed by atoms with Crippen molar-refractivity contribution in [1.29, 1.82) is 0 Å². The number of rotatable bonds is 3. The van der Waals surface area contributed by atoms with Gasteiger partial charge in [0.15, 0.2) is 5.75 Å². The first kappa shape index (κ1) is 15.4. The van der Waals surface area contributed by atoms with Gasteiger partial charge in [-0.15, -0.1) is 0 Å². The number of hydrogen-bond acceptors (Lipinski definition) is 5. The number of imide groups is 1. The highest BCUT2D eigenvalue weighted by Crippen LogP contribution is 2.57. The number of fused-ring (bicyclic) bond motifs is 5. The smallest absolute Gasteiger partial charge is 0.379 e.